The molecule has 8 nitrogen and oxygen atoms in total. The molecule has 0 aliphatic rings. The van der Waals surface area contributed by atoms with Gasteiger partial charge in [0.2, 0.25) is 0 Å². The molecule has 0 fully saturated rings. The van der Waals surface area contributed by atoms with Gasteiger partial charge in [-0.3, -0.25) is 14.6 Å². The second kappa shape index (κ2) is 9.41. The molecule has 0 saturated heterocycles. The molecule has 4 rings (SSSR count). The normalized spacial score (nSPS) is 11.9. The van der Waals surface area contributed by atoms with Crippen molar-refractivity contribution in [1.29, 1.82) is 0 Å². The molecule has 0 spiro atoms. The van der Waals surface area contributed by atoms with Crippen molar-refractivity contribution in [3.8, 4) is 11.5 Å². The van der Waals surface area contributed by atoms with E-state index in [9.17, 15) is 9.59 Å². The number of benzene rings is 1. The van der Waals surface area contributed by atoms with Gasteiger partial charge in [-0.15, -0.1) is 11.3 Å². The molecule has 1 N–H and O–H groups in total. The van der Waals surface area contributed by atoms with E-state index < -0.39 is 0 Å². The van der Waals surface area contributed by atoms with Gasteiger partial charge in [-0.1, -0.05) is 6.07 Å². The zero-order chi connectivity index (χ0) is 23.5. The molecule has 33 heavy (non-hydrogen) atoms. The fourth-order valence-electron chi connectivity index (χ4n) is 3.48. The van der Waals surface area contributed by atoms with E-state index in [1.54, 1.807) is 33.5 Å². The summed E-state index contributed by atoms with van der Waals surface area (Å²) in [5.41, 5.74) is 2.35. The summed E-state index contributed by atoms with van der Waals surface area (Å²) in [7, 11) is 3.22. The van der Waals surface area contributed by atoms with E-state index in [1.807, 2.05) is 37.3 Å². The number of thiophene rings is 1. The average molecular weight is 465 g/mol. The van der Waals surface area contributed by atoms with Gasteiger partial charge in [0.25, 0.3) is 11.5 Å². The van der Waals surface area contributed by atoms with E-state index in [1.165, 1.54) is 22.2 Å². The van der Waals surface area contributed by atoms with Crippen LogP contribution in [0, 0.1) is 6.92 Å². The minimum absolute atomic E-state index is 0.159. The number of rotatable bonds is 7. The predicted molar refractivity (Wildman–Crippen MR) is 127 cm³/mol. The Balaban J connectivity index is 1.51. The quantitative estimate of drug-likeness (QED) is 0.447. The summed E-state index contributed by atoms with van der Waals surface area (Å²) in [6, 6.07) is 9.06. The van der Waals surface area contributed by atoms with Crippen LogP contribution in [0.3, 0.4) is 0 Å². The monoisotopic (exact) mass is 464 g/mol. The van der Waals surface area contributed by atoms with Crippen LogP contribution in [0.4, 0.5) is 0 Å². The lowest BCUT2D eigenvalue weighted by Gasteiger charge is -2.17. The summed E-state index contributed by atoms with van der Waals surface area (Å²) in [6.45, 7) is 4.06. The lowest BCUT2D eigenvalue weighted by molar-refractivity contribution is 0.0943. The first-order valence-corrected chi connectivity index (χ1v) is 11.2. The van der Waals surface area contributed by atoms with Gasteiger partial charge >= 0.3 is 0 Å². The third-order valence-corrected chi connectivity index (χ3v) is 6.59. The summed E-state index contributed by atoms with van der Waals surface area (Å²) in [4.78, 5) is 34.8. The molecule has 1 amide bonds. The number of aromatic nitrogens is 3. The molecule has 3 aromatic heterocycles. The highest BCUT2D eigenvalue weighted by Crippen LogP contribution is 2.32. The highest BCUT2D eigenvalue weighted by atomic mass is 32.1. The topological polar surface area (TPSA) is 95.3 Å². The molecule has 0 aliphatic heterocycles. The number of carbonyl (C=O) groups is 1. The first-order valence-electron chi connectivity index (χ1n) is 10.3. The number of methoxy groups -OCH3 is 1. The van der Waals surface area contributed by atoms with Crippen molar-refractivity contribution in [2.24, 2.45) is 7.05 Å². The van der Waals surface area contributed by atoms with Gasteiger partial charge in [0.15, 0.2) is 11.5 Å². The number of carbonyl (C=O) groups excluding carboxylic acids is 1. The molecule has 3 heterocycles. The SMILES string of the molecule is COc1cc(C(C)NC(=O)c2sc3ncn(C)c(=O)c3c2C)ccc1OCc1ccncc1. The maximum atomic E-state index is 13.0. The van der Waals surface area contributed by atoms with Gasteiger partial charge in [-0.05, 0) is 54.8 Å². The summed E-state index contributed by atoms with van der Waals surface area (Å²) in [5, 5.41) is 3.49. The fraction of sp³-hybridized carbons (Fsp3) is 0.250. The summed E-state index contributed by atoms with van der Waals surface area (Å²) < 4.78 is 12.8. The Kier molecular flexibility index (Phi) is 6.41. The van der Waals surface area contributed by atoms with E-state index in [2.05, 4.69) is 15.3 Å². The number of hydrogen-bond donors (Lipinski definition) is 1. The molecule has 9 heteroatoms. The molecule has 0 bridgehead atoms. The Bertz CT molecular complexity index is 1360. The maximum absolute atomic E-state index is 13.0. The zero-order valence-electron chi connectivity index (χ0n) is 18.8. The maximum Gasteiger partial charge on any atom is 0.262 e. The molecule has 0 aliphatic carbocycles. The van der Waals surface area contributed by atoms with Gasteiger partial charge in [-0.2, -0.15) is 0 Å². The average Bonchev–Trinajstić information content (AvgIpc) is 3.17. The summed E-state index contributed by atoms with van der Waals surface area (Å²) >= 11 is 1.22. The molecular weight excluding hydrogens is 440 g/mol. The predicted octanol–water partition coefficient (Wildman–Crippen LogP) is 3.78. The van der Waals surface area contributed by atoms with E-state index in [-0.39, 0.29) is 17.5 Å². The number of aryl methyl sites for hydroxylation is 2. The lowest BCUT2D eigenvalue weighted by Crippen LogP contribution is -2.26. The highest BCUT2D eigenvalue weighted by molar-refractivity contribution is 7.20. The molecule has 1 unspecified atom stereocenters. The number of nitrogens with one attached hydrogen (secondary N) is 1. The van der Waals surface area contributed by atoms with Crippen LogP contribution >= 0.6 is 11.3 Å². The number of fused-ring (bicyclic) bond motifs is 1. The Hall–Kier alpha value is -3.72. The largest absolute Gasteiger partial charge is 0.493 e. The number of ether oxygens (including phenoxy) is 2. The molecule has 0 radical (unpaired) electrons. The fourth-order valence-corrected chi connectivity index (χ4v) is 4.53. The van der Waals surface area contributed by atoms with Crippen molar-refractivity contribution in [2.75, 3.05) is 7.11 Å². The van der Waals surface area contributed by atoms with Crippen LogP contribution in [0.1, 0.15) is 39.3 Å². The Morgan fingerprint density at radius 2 is 1.97 bits per heavy atom. The number of amides is 1. The van der Waals surface area contributed by atoms with Crippen LogP contribution < -0.4 is 20.3 Å². The first kappa shape index (κ1) is 22.5. The van der Waals surface area contributed by atoms with Crippen molar-refractivity contribution in [3.63, 3.8) is 0 Å². The Morgan fingerprint density at radius 1 is 1.21 bits per heavy atom. The third-order valence-electron chi connectivity index (χ3n) is 5.40. The van der Waals surface area contributed by atoms with Crippen molar-refractivity contribution < 1.29 is 14.3 Å². The van der Waals surface area contributed by atoms with Crippen molar-refractivity contribution in [1.82, 2.24) is 19.9 Å². The van der Waals surface area contributed by atoms with E-state index in [0.29, 0.717) is 38.8 Å². The Labute approximate surface area is 194 Å². The molecule has 170 valence electrons. The van der Waals surface area contributed by atoms with Crippen LogP contribution in [0.2, 0.25) is 0 Å². The first-order chi connectivity index (χ1) is 15.9. The van der Waals surface area contributed by atoms with Crippen molar-refractivity contribution in [2.45, 2.75) is 26.5 Å². The van der Waals surface area contributed by atoms with E-state index in [4.69, 9.17) is 9.47 Å². The van der Waals surface area contributed by atoms with Crippen LogP contribution in [0.5, 0.6) is 11.5 Å². The third kappa shape index (κ3) is 4.58. The molecule has 4 aromatic rings. The number of pyridine rings is 1. The minimum Gasteiger partial charge on any atom is -0.493 e. The Morgan fingerprint density at radius 3 is 2.70 bits per heavy atom. The molecule has 1 aromatic carbocycles. The summed E-state index contributed by atoms with van der Waals surface area (Å²) in [6.07, 6.45) is 4.90. The van der Waals surface area contributed by atoms with Gasteiger partial charge in [0, 0.05) is 19.4 Å². The van der Waals surface area contributed by atoms with Crippen LogP contribution in [0.15, 0.2) is 53.8 Å². The van der Waals surface area contributed by atoms with Crippen LogP contribution in [-0.2, 0) is 13.7 Å². The lowest BCUT2D eigenvalue weighted by atomic mass is 10.1. The second-order valence-corrected chi connectivity index (χ2v) is 8.65. The van der Waals surface area contributed by atoms with Gasteiger partial charge in [-0.25, -0.2) is 4.98 Å². The van der Waals surface area contributed by atoms with Crippen molar-refractivity contribution in [3.05, 3.63) is 81.0 Å². The zero-order valence-corrected chi connectivity index (χ0v) is 19.6. The number of nitrogens with zero attached hydrogens (tertiary/aromatic N) is 3. The summed E-state index contributed by atoms with van der Waals surface area (Å²) in [5.74, 6) is 0.939. The van der Waals surface area contributed by atoms with E-state index >= 15 is 0 Å². The van der Waals surface area contributed by atoms with Gasteiger partial charge < -0.3 is 19.4 Å². The van der Waals surface area contributed by atoms with Gasteiger partial charge in [0.05, 0.1) is 29.7 Å². The van der Waals surface area contributed by atoms with Crippen LogP contribution in [0.25, 0.3) is 10.2 Å². The standard InChI is InChI=1S/C24H24N4O4S/c1-14-20-23(26-13-28(3)24(20)30)33-21(14)22(29)27-15(2)17-5-6-18(19(11-17)31-4)32-12-16-7-9-25-10-8-16/h5-11,13,15H,12H2,1-4H3,(H,27,29). The van der Waals surface area contributed by atoms with E-state index in [0.717, 1.165) is 11.1 Å². The molecule has 0 saturated carbocycles. The highest BCUT2D eigenvalue weighted by Gasteiger charge is 2.21. The smallest absolute Gasteiger partial charge is 0.262 e. The second-order valence-electron chi connectivity index (χ2n) is 7.65. The van der Waals surface area contributed by atoms with Gasteiger partial charge in [0.1, 0.15) is 11.4 Å². The minimum atomic E-state index is -0.291. The van der Waals surface area contributed by atoms with Crippen molar-refractivity contribution >= 4 is 27.5 Å². The molecular formula is C24H24N4O4S. The van der Waals surface area contributed by atoms with Crippen LogP contribution in [-0.4, -0.2) is 27.6 Å². The molecule has 1 atom stereocenters. The number of hydrogen-bond acceptors (Lipinski definition) is 7.